The predicted octanol–water partition coefficient (Wildman–Crippen LogP) is 1.76. The minimum absolute atomic E-state index is 0.0458. The molecule has 2 aromatic rings. The lowest BCUT2D eigenvalue weighted by atomic mass is 9.92. The number of hydrogen-bond donors (Lipinski definition) is 2. The summed E-state index contributed by atoms with van der Waals surface area (Å²) in [5.41, 5.74) is 0.184. The number of pyridine rings is 1. The Balaban J connectivity index is 1.61. The van der Waals surface area contributed by atoms with E-state index in [1.54, 1.807) is 16.8 Å². The van der Waals surface area contributed by atoms with Crippen LogP contribution >= 0.6 is 11.6 Å². The third-order valence-electron chi connectivity index (χ3n) is 5.97. The Kier molecular flexibility index (Phi) is 6.02. The van der Waals surface area contributed by atoms with Crippen molar-refractivity contribution in [3.8, 4) is 0 Å². The minimum atomic E-state index is -3.18. The summed E-state index contributed by atoms with van der Waals surface area (Å²) >= 11 is 6.17. The summed E-state index contributed by atoms with van der Waals surface area (Å²) < 4.78 is 26.4. The first-order chi connectivity index (χ1) is 14.2. The average molecular weight is 456 g/mol. The van der Waals surface area contributed by atoms with E-state index in [2.05, 4.69) is 15.3 Å². The molecule has 30 heavy (non-hydrogen) atoms. The van der Waals surface area contributed by atoms with E-state index in [1.165, 1.54) is 10.6 Å². The van der Waals surface area contributed by atoms with Gasteiger partial charge in [-0.25, -0.2) is 17.7 Å². The van der Waals surface area contributed by atoms with E-state index in [4.69, 9.17) is 11.6 Å². The molecular weight excluding hydrogens is 430 g/mol. The Hall–Kier alpha value is -1.75. The van der Waals surface area contributed by atoms with Crippen LogP contribution in [0.1, 0.15) is 44.6 Å². The van der Waals surface area contributed by atoms with Gasteiger partial charge in [0.1, 0.15) is 10.7 Å². The minimum Gasteiger partial charge on any atom is -0.393 e. The molecule has 4 rings (SSSR count). The van der Waals surface area contributed by atoms with Crippen molar-refractivity contribution < 1.29 is 13.5 Å². The number of aromatic nitrogens is 3. The molecule has 0 radical (unpaired) electrons. The molecule has 1 saturated heterocycles. The van der Waals surface area contributed by atoms with Crippen LogP contribution in [0.2, 0.25) is 5.02 Å². The third-order valence-corrected chi connectivity index (χ3v) is 7.54. The summed E-state index contributed by atoms with van der Waals surface area (Å²) in [6.07, 6.45) is 6.56. The fourth-order valence-electron chi connectivity index (χ4n) is 4.38. The van der Waals surface area contributed by atoms with Gasteiger partial charge in [-0.1, -0.05) is 11.6 Å². The highest BCUT2D eigenvalue weighted by molar-refractivity contribution is 7.88. The number of sulfonamides is 1. The van der Waals surface area contributed by atoms with E-state index >= 15 is 0 Å². The Labute approximate surface area is 180 Å². The summed E-state index contributed by atoms with van der Waals surface area (Å²) in [4.78, 5) is 21.8. The number of aliphatic hydroxyl groups is 1. The van der Waals surface area contributed by atoms with Crippen molar-refractivity contribution in [3.05, 3.63) is 27.6 Å². The van der Waals surface area contributed by atoms with Gasteiger partial charge in [-0.3, -0.25) is 9.36 Å². The summed E-state index contributed by atoms with van der Waals surface area (Å²) in [7, 11) is -3.18. The molecule has 0 unspecified atom stereocenters. The lowest BCUT2D eigenvalue weighted by Gasteiger charge is -2.31. The van der Waals surface area contributed by atoms with Crippen LogP contribution in [0.5, 0.6) is 0 Å². The smallest absolute Gasteiger partial charge is 0.271 e. The van der Waals surface area contributed by atoms with Crippen molar-refractivity contribution >= 4 is 38.6 Å². The fraction of sp³-hybridized carbons (Fsp3) is 0.632. The maximum Gasteiger partial charge on any atom is 0.271 e. The number of nitrogens with one attached hydrogen (secondary N) is 1. The van der Waals surface area contributed by atoms with Gasteiger partial charge in [0.15, 0.2) is 0 Å². The van der Waals surface area contributed by atoms with Crippen molar-refractivity contribution in [2.45, 2.75) is 56.7 Å². The molecule has 2 aliphatic rings. The zero-order chi connectivity index (χ0) is 21.5. The molecule has 1 aliphatic carbocycles. The van der Waals surface area contributed by atoms with Crippen LogP contribution < -0.4 is 10.9 Å². The molecule has 0 spiro atoms. The molecule has 0 aromatic carbocycles. The van der Waals surface area contributed by atoms with Gasteiger partial charge in [-0.05, 0) is 44.6 Å². The van der Waals surface area contributed by atoms with Gasteiger partial charge in [0.2, 0.25) is 16.0 Å². The van der Waals surface area contributed by atoms with Crippen LogP contribution in [0.25, 0.3) is 11.0 Å². The van der Waals surface area contributed by atoms with Gasteiger partial charge in [0, 0.05) is 36.8 Å². The van der Waals surface area contributed by atoms with Gasteiger partial charge in [-0.15, -0.1) is 0 Å². The molecule has 0 amide bonds. The highest BCUT2D eigenvalue weighted by Gasteiger charge is 2.27. The molecule has 0 bridgehead atoms. The number of anilines is 1. The Morgan fingerprint density at radius 2 is 1.97 bits per heavy atom. The summed E-state index contributed by atoms with van der Waals surface area (Å²) in [5, 5.41) is 14.1. The number of nitrogens with zero attached hydrogens (tertiary/aromatic N) is 4. The Morgan fingerprint density at radius 1 is 1.23 bits per heavy atom. The van der Waals surface area contributed by atoms with E-state index in [0.717, 1.165) is 19.3 Å². The topological polar surface area (TPSA) is 117 Å². The van der Waals surface area contributed by atoms with Crippen molar-refractivity contribution in [2.24, 2.45) is 0 Å². The third kappa shape index (κ3) is 4.46. The molecular formula is C19H26ClN5O4S. The second-order valence-electron chi connectivity index (χ2n) is 8.19. The zero-order valence-electron chi connectivity index (χ0n) is 16.8. The number of halogens is 1. The summed E-state index contributed by atoms with van der Waals surface area (Å²) in [5.74, 6) is 0.395. The van der Waals surface area contributed by atoms with Gasteiger partial charge < -0.3 is 10.4 Å². The molecule has 164 valence electrons. The van der Waals surface area contributed by atoms with Crippen LogP contribution in [-0.4, -0.2) is 63.9 Å². The van der Waals surface area contributed by atoms with E-state index < -0.39 is 16.1 Å². The highest BCUT2D eigenvalue weighted by Crippen LogP contribution is 2.30. The van der Waals surface area contributed by atoms with Crippen LogP contribution in [0.4, 0.5) is 5.95 Å². The normalized spacial score (nSPS) is 24.2. The number of piperidine rings is 1. The first kappa shape index (κ1) is 21.5. The Morgan fingerprint density at radius 3 is 2.63 bits per heavy atom. The molecule has 2 atom stereocenters. The molecule has 1 saturated carbocycles. The lowest BCUT2D eigenvalue weighted by molar-refractivity contribution is 0.104. The monoisotopic (exact) mass is 455 g/mol. The molecule has 11 heteroatoms. The van der Waals surface area contributed by atoms with Crippen LogP contribution in [0.3, 0.4) is 0 Å². The lowest BCUT2D eigenvalue weighted by Crippen LogP contribution is -2.42. The maximum absolute atomic E-state index is 12.8. The second-order valence-corrected chi connectivity index (χ2v) is 10.6. The van der Waals surface area contributed by atoms with Crippen LogP contribution in [-0.2, 0) is 10.0 Å². The predicted molar refractivity (Wildman–Crippen MR) is 115 cm³/mol. The van der Waals surface area contributed by atoms with E-state index in [-0.39, 0.29) is 22.7 Å². The van der Waals surface area contributed by atoms with Crippen molar-refractivity contribution in [2.75, 3.05) is 24.7 Å². The first-order valence-electron chi connectivity index (χ1n) is 10.2. The number of aliphatic hydroxyl groups excluding tert-OH is 1. The van der Waals surface area contributed by atoms with Crippen LogP contribution in [0, 0.1) is 0 Å². The summed E-state index contributed by atoms with van der Waals surface area (Å²) in [6.45, 7) is 0.898. The number of rotatable bonds is 4. The Bertz CT molecular complexity index is 1100. The van der Waals surface area contributed by atoms with Gasteiger partial charge in [0.05, 0.1) is 12.4 Å². The van der Waals surface area contributed by atoms with Gasteiger partial charge >= 0.3 is 0 Å². The van der Waals surface area contributed by atoms with E-state index in [9.17, 15) is 18.3 Å². The highest BCUT2D eigenvalue weighted by atomic mass is 35.5. The van der Waals surface area contributed by atoms with Gasteiger partial charge in [0.25, 0.3) is 5.56 Å². The molecule has 3 heterocycles. The van der Waals surface area contributed by atoms with Crippen molar-refractivity contribution in [3.63, 3.8) is 0 Å². The zero-order valence-corrected chi connectivity index (χ0v) is 18.4. The maximum atomic E-state index is 12.8. The number of fused-ring (bicyclic) bond motifs is 1. The van der Waals surface area contributed by atoms with Crippen molar-refractivity contribution in [1.29, 1.82) is 0 Å². The van der Waals surface area contributed by atoms with E-state index in [0.29, 0.717) is 49.3 Å². The number of hydrogen-bond acceptors (Lipinski definition) is 7. The average Bonchev–Trinajstić information content (AvgIpc) is 2.69. The first-order valence-corrected chi connectivity index (χ1v) is 12.4. The second kappa shape index (κ2) is 8.41. The summed E-state index contributed by atoms with van der Waals surface area (Å²) in [6, 6.07) is 1.45. The van der Waals surface area contributed by atoms with Crippen molar-refractivity contribution in [1.82, 2.24) is 18.8 Å². The largest absolute Gasteiger partial charge is 0.393 e. The molecule has 2 aromatic heterocycles. The standard InChI is InChI=1S/C19H26ClN5O4S/c1-30(28,29)24-7-5-13(6-8-24)22-19-21-11-12-9-16(20)18(27)25(17(12)23-19)14-3-2-4-15(26)10-14/h9,11,13-15,26H,2-8,10H2,1H3,(H,21,22,23)/t14-,15-/m0/s1. The van der Waals surface area contributed by atoms with Crippen LogP contribution in [0.15, 0.2) is 17.1 Å². The fourth-order valence-corrected chi connectivity index (χ4v) is 5.47. The molecule has 2 N–H and O–H groups in total. The SMILES string of the molecule is CS(=O)(=O)N1CCC(Nc2ncc3cc(Cl)c(=O)n([C@H]4CCC[C@H](O)C4)c3n2)CC1. The van der Waals surface area contributed by atoms with Gasteiger partial charge in [-0.2, -0.15) is 4.98 Å². The molecule has 9 nitrogen and oxygen atoms in total. The quantitative estimate of drug-likeness (QED) is 0.721. The van der Waals surface area contributed by atoms with E-state index in [1.807, 2.05) is 0 Å². The molecule has 2 fully saturated rings. The molecule has 1 aliphatic heterocycles.